The number of hydrogen-bond acceptors (Lipinski definition) is 6. The minimum Gasteiger partial charge on any atom is -0.492 e. The van der Waals surface area contributed by atoms with Crippen molar-refractivity contribution >= 4 is 15.8 Å². The summed E-state index contributed by atoms with van der Waals surface area (Å²) in [6.07, 6.45) is 0.881. The molecule has 0 aromatic heterocycles. The van der Waals surface area contributed by atoms with Gasteiger partial charge in [0.1, 0.15) is 12.4 Å². The zero-order valence-corrected chi connectivity index (χ0v) is 16.6. The number of rotatable bonds is 9. The van der Waals surface area contributed by atoms with E-state index in [0.29, 0.717) is 13.1 Å². The number of sulfone groups is 1. The third kappa shape index (κ3) is 7.37. The molecule has 0 atom stereocenters. The average molecular weight is 438 g/mol. The van der Waals surface area contributed by atoms with Crippen LogP contribution < -0.4 is 15.8 Å². The van der Waals surface area contributed by atoms with Crippen molar-refractivity contribution in [3.05, 3.63) is 24.3 Å². The maximum atomic E-state index is 12.5. The lowest BCUT2D eigenvalue weighted by Gasteiger charge is -2.26. The van der Waals surface area contributed by atoms with Crippen LogP contribution in [-0.2, 0) is 14.6 Å². The van der Waals surface area contributed by atoms with Crippen molar-refractivity contribution in [2.75, 3.05) is 52.5 Å². The summed E-state index contributed by atoms with van der Waals surface area (Å²) < 4.78 is 70.7. The molecule has 0 radical (unpaired) electrons. The molecule has 3 N–H and O–H groups in total. The van der Waals surface area contributed by atoms with Crippen LogP contribution in [0.1, 0.15) is 6.42 Å². The smallest absolute Gasteiger partial charge is 0.492 e. The number of guanidine groups is 1. The molecule has 12 heteroatoms. The van der Waals surface area contributed by atoms with Gasteiger partial charge in [0.05, 0.1) is 24.7 Å². The highest BCUT2D eigenvalue weighted by atomic mass is 32.2. The van der Waals surface area contributed by atoms with E-state index in [1.54, 1.807) is 0 Å². The van der Waals surface area contributed by atoms with Gasteiger partial charge in [0.15, 0.2) is 5.96 Å². The number of nitrogens with two attached hydrogens (primary N) is 1. The Morgan fingerprint density at radius 1 is 1.24 bits per heavy atom. The van der Waals surface area contributed by atoms with Crippen LogP contribution in [0.2, 0.25) is 0 Å². The van der Waals surface area contributed by atoms with E-state index >= 15 is 0 Å². The largest absolute Gasteiger partial charge is 0.501 e. The number of halogens is 3. The summed E-state index contributed by atoms with van der Waals surface area (Å²) in [5.41, 5.74) is 0.422. The molecule has 164 valence electrons. The fourth-order valence-electron chi connectivity index (χ4n) is 2.57. The van der Waals surface area contributed by atoms with Crippen LogP contribution in [0.15, 0.2) is 34.2 Å². The molecule has 1 aliphatic heterocycles. The summed E-state index contributed by atoms with van der Waals surface area (Å²) in [7, 11) is -5.36. The Morgan fingerprint density at radius 2 is 1.90 bits per heavy atom. The van der Waals surface area contributed by atoms with E-state index in [-0.39, 0.29) is 18.3 Å². The molecule has 1 aromatic rings. The number of benzene rings is 1. The van der Waals surface area contributed by atoms with Crippen LogP contribution in [-0.4, -0.2) is 77.3 Å². The van der Waals surface area contributed by atoms with Gasteiger partial charge in [-0.2, -0.15) is 13.2 Å². The number of morpholine rings is 1. The van der Waals surface area contributed by atoms with E-state index in [1.807, 2.05) is 0 Å². The van der Waals surface area contributed by atoms with Gasteiger partial charge in [-0.3, -0.25) is 9.89 Å². The highest BCUT2D eigenvalue weighted by Gasteiger charge is 2.46. The number of hydrogen-bond donors (Lipinski definition) is 2. The number of nitrogens with one attached hydrogen (secondary N) is 1. The molecule has 0 aliphatic carbocycles. The van der Waals surface area contributed by atoms with Crippen molar-refractivity contribution in [2.45, 2.75) is 16.8 Å². The topological polar surface area (TPSA) is 106 Å². The average Bonchev–Trinajstić information content (AvgIpc) is 2.69. The number of alkyl halides is 3. The van der Waals surface area contributed by atoms with E-state index in [9.17, 15) is 21.6 Å². The second-order valence-corrected chi connectivity index (χ2v) is 8.21. The zero-order chi connectivity index (χ0) is 21.3. The first-order chi connectivity index (χ1) is 13.7. The molecule has 2 rings (SSSR count). The van der Waals surface area contributed by atoms with Crippen molar-refractivity contribution in [1.29, 1.82) is 0 Å². The Balaban J connectivity index is 1.65. The van der Waals surface area contributed by atoms with Gasteiger partial charge in [-0.1, -0.05) is 0 Å². The van der Waals surface area contributed by atoms with Gasteiger partial charge in [-0.15, -0.1) is 0 Å². The predicted molar refractivity (Wildman–Crippen MR) is 102 cm³/mol. The standard InChI is InChI=1S/C17H25F3N4O4S/c18-17(19,20)29(25,26)15-4-2-14(3-5-15)28-11-7-23-16(21)22-6-1-8-24-9-12-27-13-10-24/h2-5H,1,6-13H2,(H3,21,22,23). The summed E-state index contributed by atoms with van der Waals surface area (Å²) in [6.45, 7) is 5.41. The summed E-state index contributed by atoms with van der Waals surface area (Å²) in [4.78, 5) is 5.69. The van der Waals surface area contributed by atoms with Crippen LogP contribution in [0.5, 0.6) is 5.75 Å². The van der Waals surface area contributed by atoms with Gasteiger partial charge in [0.2, 0.25) is 0 Å². The Bertz CT molecular complexity index is 764. The Morgan fingerprint density at radius 3 is 2.52 bits per heavy atom. The first kappa shape index (κ1) is 23.2. The third-order valence-corrected chi connectivity index (χ3v) is 5.64. The summed E-state index contributed by atoms with van der Waals surface area (Å²) in [6, 6.07) is 4.05. The fourth-order valence-corrected chi connectivity index (χ4v) is 3.33. The molecule has 0 bridgehead atoms. The normalized spacial score (nSPS) is 16.6. The van der Waals surface area contributed by atoms with E-state index in [1.165, 1.54) is 12.1 Å². The van der Waals surface area contributed by atoms with E-state index in [4.69, 9.17) is 15.2 Å². The molecular formula is C17H25F3N4O4S. The van der Waals surface area contributed by atoms with Gasteiger partial charge in [0.25, 0.3) is 9.84 Å². The summed E-state index contributed by atoms with van der Waals surface area (Å²) in [5, 5.41) is 2.87. The maximum absolute atomic E-state index is 12.5. The van der Waals surface area contributed by atoms with Crippen LogP contribution in [0.4, 0.5) is 13.2 Å². The first-order valence-electron chi connectivity index (χ1n) is 9.08. The van der Waals surface area contributed by atoms with Crippen LogP contribution in [0, 0.1) is 0 Å². The lowest BCUT2D eigenvalue weighted by molar-refractivity contribution is -0.0436. The van der Waals surface area contributed by atoms with E-state index in [0.717, 1.165) is 51.4 Å². The summed E-state index contributed by atoms with van der Waals surface area (Å²) in [5.74, 6) is 0.524. The first-order valence-corrected chi connectivity index (χ1v) is 10.6. The predicted octanol–water partition coefficient (Wildman–Crippen LogP) is 0.986. The van der Waals surface area contributed by atoms with Gasteiger partial charge in [-0.25, -0.2) is 8.42 Å². The molecule has 1 fully saturated rings. The lowest BCUT2D eigenvalue weighted by Crippen LogP contribution is -2.37. The summed E-state index contributed by atoms with van der Waals surface area (Å²) >= 11 is 0. The highest BCUT2D eigenvalue weighted by Crippen LogP contribution is 2.30. The molecule has 29 heavy (non-hydrogen) atoms. The maximum Gasteiger partial charge on any atom is 0.501 e. The van der Waals surface area contributed by atoms with Crippen molar-refractivity contribution in [2.24, 2.45) is 10.7 Å². The van der Waals surface area contributed by atoms with E-state index in [2.05, 4.69) is 15.2 Å². The Hall–Kier alpha value is -2.05. The fraction of sp³-hybridized carbons (Fsp3) is 0.588. The van der Waals surface area contributed by atoms with Crippen LogP contribution in [0.25, 0.3) is 0 Å². The zero-order valence-electron chi connectivity index (χ0n) is 15.8. The van der Waals surface area contributed by atoms with Gasteiger partial charge in [0, 0.05) is 26.2 Å². The van der Waals surface area contributed by atoms with Gasteiger partial charge >= 0.3 is 5.51 Å². The van der Waals surface area contributed by atoms with Crippen LogP contribution in [0.3, 0.4) is 0 Å². The van der Waals surface area contributed by atoms with Gasteiger partial charge in [-0.05, 0) is 30.7 Å². The van der Waals surface area contributed by atoms with Gasteiger partial charge < -0.3 is 20.5 Å². The quantitative estimate of drug-likeness (QED) is 0.336. The molecular weight excluding hydrogens is 413 g/mol. The number of aliphatic imine (C=N–C) groups is 1. The SMILES string of the molecule is NC(=NCCCN1CCOCC1)NCCOc1ccc(S(=O)(=O)C(F)(F)F)cc1. The second kappa shape index (κ2) is 10.6. The molecule has 1 saturated heterocycles. The molecule has 0 saturated carbocycles. The van der Waals surface area contributed by atoms with Crippen molar-refractivity contribution < 1.29 is 31.1 Å². The molecule has 1 aromatic carbocycles. The third-order valence-electron chi connectivity index (χ3n) is 4.13. The second-order valence-electron chi connectivity index (χ2n) is 6.27. The van der Waals surface area contributed by atoms with Crippen molar-refractivity contribution in [1.82, 2.24) is 10.2 Å². The molecule has 0 unspecified atom stereocenters. The molecule has 1 heterocycles. The minimum atomic E-state index is -5.36. The van der Waals surface area contributed by atoms with E-state index < -0.39 is 20.2 Å². The Kier molecular flexibility index (Phi) is 8.53. The molecule has 8 nitrogen and oxygen atoms in total. The molecule has 0 amide bonds. The highest BCUT2D eigenvalue weighted by molar-refractivity contribution is 7.92. The number of nitrogens with zero attached hydrogens (tertiary/aromatic N) is 2. The lowest BCUT2D eigenvalue weighted by atomic mass is 10.3. The monoisotopic (exact) mass is 438 g/mol. The minimum absolute atomic E-state index is 0.176. The molecule has 1 aliphatic rings. The van der Waals surface area contributed by atoms with Crippen molar-refractivity contribution in [3.63, 3.8) is 0 Å². The Labute approximate surface area is 167 Å². The van der Waals surface area contributed by atoms with Crippen LogP contribution >= 0.6 is 0 Å². The molecule has 0 spiro atoms. The number of ether oxygens (including phenoxy) is 2. The van der Waals surface area contributed by atoms with Crippen molar-refractivity contribution in [3.8, 4) is 5.75 Å².